The zero-order chi connectivity index (χ0) is 18.4. The van der Waals surface area contributed by atoms with Gasteiger partial charge in [0.15, 0.2) is 0 Å². The summed E-state index contributed by atoms with van der Waals surface area (Å²) in [6.07, 6.45) is 2.83. The standard InChI is InChI=1S/C20H23N3O3/c1-12-6-14(10-22(2)19(12)24)13-4-5-17(18(7-13)26-3)20(25)23-11-15-8-16(23)9-21-15/h4-7,10,15-16,21H,8-9,11H2,1-3H3. The Labute approximate surface area is 152 Å². The first kappa shape index (κ1) is 16.8. The number of carbonyl (C=O) groups excluding carboxylic acids is 1. The molecule has 3 heterocycles. The van der Waals surface area contributed by atoms with Gasteiger partial charge in [-0.05, 0) is 42.7 Å². The average Bonchev–Trinajstić information content (AvgIpc) is 3.28. The first-order chi connectivity index (χ1) is 12.5. The summed E-state index contributed by atoms with van der Waals surface area (Å²) in [6.45, 7) is 3.43. The van der Waals surface area contributed by atoms with Crippen molar-refractivity contribution >= 4 is 5.91 Å². The van der Waals surface area contributed by atoms with Crippen LogP contribution < -0.4 is 15.6 Å². The van der Waals surface area contributed by atoms with E-state index in [1.54, 1.807) is 31.8 Å². The summed E-state index contributed by atoms with van der Waals surface area (Å²) in [4.78, 5) is 26.9. The Balaban J connectivity index is 1.69. The van der Waals surface area contributed by atoms with Crippen LogP contribution in [-0.2, 0) is 7.05 Å². The highest BCUT2D eigenvalue weighted by Gasteiger charge is 2.40. The second kappa shape index (κ2) is 6.29. The molecular weight excluding hydrogens is 330 g/mol. The van der Waals surface area contributed by atoms with Crippen molar-refractivity contribution in [2.45, 2.75) is 25.4 Å². The molecule has 2 fully saturated rings. The number of rotatable bonds is 3. The van der Waals surface area contributed by atoms with E-state index < -0.39 is 0 Å². The Bertz CT molecular complexity index is 908. The van der Waals surface area contributed by atoms with Crippen molar-refractivity contribution in [1.29, 1.82) is 0 Å². The second-order valence-corrected chi connectivity index (χ2v) is 7.20. The molecule has 1 aromatic heterocycles. The zero-order valence-corrected chi connectivity index (χ0v) is 15.3. The van der Waals surface area contributed by atoms with Crippen LogP contribution in [-0.4, -0.2) is 47.7 Å². The first-order valence-corrected chi connectivity index (χ1v) is 8.88. The summed E-state index contributed by atoms with van der Waals surface area (Å²) in [5, 5.41) is 3.41. The fraction of sp³-hybridized carbons (Fsp3) is 0.400. The number of likely N-dealkylation sites (tertiary alicyclic amines) is 1. The smallest absolute Gasteiger partial charge is 0.257 e. The van der Waals surface area contributed by atoms with Crippen LogP contribution in [0.2, 0.25) is 0 Å². The van der Waals surface area contributed by atoms with Gasteiger partial charge in [0.05, 0.1) is 12.7 Å². The van der Waals surface area contributed by atoms with Gasteiger partial charge >= 0.3 is 0 Å². The van der Waals surface area contributed by atoms with Crippen molar-refractivity contribution in [1.82, 2.24) is 14.8 Å². The molecule has 0 saturated carbocycles. The highest BCUT2D eigenvalue weighted by molar-refractivity contribution is 5.98. The molecule has 2 aromatic rings. The Morgan fingerprint density at radius 1 is 1.27 bits per heavy atom. The lowest BCUT2D eigenvalue weighted by Gasteiger charge is -2.28. The van der Waals surface area contributed by atoms with Gasteiger partial charge in [-0.3, -0.25) is 9.59 Å². The minimum atomic E-state index is -0.00907. The number of carbonyl (C=O) groups is 1. The third-order valence-corrected chi connectivity index (χ3v) is 5.45. The van der Waals surface area contributed by atoms with Crippen LogP contribution in [0.1, 0.15) is 22.3 Å². The van der Waals surface area contributed by atoms with Crippen molar-refractivity contribution in [3.8, 4) is 16.9 Å². The highest BCUT2D eigenvalue weighted by atomic mass is 16.5. The summed E-state index contributed by atoms with van der Waals surface area (Å²) >= 11 is 0. The Hall–Kier alpha value is -2.60. The SMILES string of the molecule is COc1cc(-c2cc(C)c(=O)n(C)c2)ccc1C(=O)N1CC2CC1CN2. The van der Waals surface area contributed by atoms with Crippen molar-refractivity contribution in [3.05, 3.63) is 51.9 Å². The minimum Gasteiger partial charge on any atom is -0.496 e. The average molecular weight is 353 g/mol. The van der Waals surface area contributed by atoms with E-state index in [0.717, 1.165) is 30.6 Å². The molecule has 2 aliphatic heterocycles. The van der Waals surface area contributed by atoms with Crippen molar-refractivity contribution < 1.29 is 9.53 Å². The molecule has 136 valence electrons. The number of hydrogen-bond donors (Lipinski definition) is 1. The van der Waals surface area contributed by atoms with E-state index in [1.165, 1.54) is 0 Å². The summed E-state index contributed by atoms with van der Waals surface area (Å²) in [5.74, 6) is 0.591. The molecule has 0 radical (unpaired) electrons. The molecule has 6 heteroatoms. The van der Waals surface area contributed by atoms with Gasteiger partial charge < -0.3 is 19.5 Å². The third kappa shape index (κ3) is 2.70. The normalized spacial score (nSPS) is 21.3. The van der Waals surface area contributed by atoms with Gasteiger partial charge in [0, 0.05) is 44.0 Å². The molecule has 1 amide bonds. The van der Waals surface area contributed by atoms with Gasteiger partial charge in [-0.2, -0.15) is 0 Å². The monoisotopic (exact) mass is 353 g/mol. The molecule has 6 nitrogen and oxygen atoms in total. The number of pyridine rings is 1. The third-order valence-electron chi connectivity index (χ3n) is 5.45. The van der Waals surface area contributed by atoms with Crippen molar-refractivity contribution in [3.63, 3.8) is 0 Å². The zero-order valence-electron chi connectivity index (χ0n) is 15.3. The fourth-order valence-electron chi connectivity index (χ4n) is 4.05. The molecule has 4 rings (SSSR count). The number of ether oxygens (including phenoxy) is 1. The Morgan fingerprint density at radius 2 is 2.08 bits per heavy atom. The molecule has 2 atom stereocenters. The van der Waals surface area contributed by atoms with Crippen LogP contribution in [0, 0.1) is 6.92 Å². The van der Waals surface area contributed by atoms with E-state index in [4.69, 9.17) is 4.74 Å². The van der Waals surface area contributed by atoms with Crippen LogP contribution in [0.4, 0.5) is 0 Å². The van der Waals surface area contributed by atoms with Crippen molar-refractivity contribution in [2.75, 3.05) is 20.2 Å². The van der Waals surface area contributed by atoms with E-state index in [9.17, 15) is 9.59 Å². The molecule has 2 saturated heterocycles. The van der Waals surface area contributed by atoms with E-state index in [-0.39, 0.29) is 17.5 Å². The lowest BCUT2D eigenvalue weighted by molar-refractivity contribution is 0.0712. The Kier molecular flexibility index (Phi) is 4.07. The number of amides is 1. The van der Waals surface area contributed by atoms with E-state index >= 15 is 0 Å². The summed E-state index contributed by atoms with van der Waals surface area (Å²) in [7, 11) is 3.32. The maximum atomic E-state index is 13.0. The van der Waals surface area contributed by atoms with Gasteiger partial charge in [-0.25, -0.2) is 0 Å². The van der Waals surface area contributed by atoms with Crippen LogP contribution in [0.15, 0.2) is 35.3 Å². The number of nitrogens with one attached hydrogen (secondary N) is 1. The van der Waals surface area contributed by atoms with Crippen molar-refractivity contribution in [2.24, 2.45) is 7.05 Å². The Morgan fingerprint density at radius 3 is 2.69 bits per heavy atom. The molecule has 1 aromatic carbocycles. The molecule has 2 unspecified atom stereocenters. The molecule has 0 spiro atoms. The second-order valence-electron chi connectivity index (χ2n) is 7.20. The summed E-state index contributed by atoms with van der Waals surface area (Å²) in [5.41, 5.74) is 3.10. The molecular formula is C20H23N3O3. The van der Waals surface area contributed by atoms with Crippen LogP contribution >= 0.6 is 0 Å². The number of aryl methyl sites for hydroxylation is 2. The van der Waals surface area contributed by atoms with Crippen LogP contribution in [0.3, 0.4) is 0 Å². The number of hydrogen-bond acceptors (Lipinski definition) is 4. The largest absolute Gasteiger partial charge is 0.496 e. The molecule has 0 aliphatic carbocycles. The number of benzene rings is 1. The maximum absolute atomic E-state index is 13.0. The van der Waals surface area contributed by atoms with Gasteiger partial charge in [0.25, 0.3) is 11.5 Å². The van der Waals surface area contributed by atoms with Crippen LogP contribution in [0.25, 0.3) is 11.1 Å². The number of nitrogens with zero attached hydrogens (tertiary/aromatic N) is 2. The number of aromatic nitrogens is 1. The molecule has 2 bridgehead atoms. The number of piperazine rings is 1. The lowest BCUT2D eigenvalue weighted by atomic mass is 10.0. The molecule has 1 N–H and O–H groups in total. The van der Waals surface area contributed by atoms with Gasteiger partial charge in [-0.1, -0.05) is 6.07 Å². The van der Waals surface area contributed by atoms with Gasteiger partial charge in [0.1, 0.15) is 5.75 Å². The van der Waals surface area contributed by atoms with E-state index in [1.807, 2.05) is 29.2 Å². The van der Waals surface area contributed by atoms with Gasteiger partial charge in [-0.15, -0.1) is 0 Å². The molecule has 26 heavy (non-hydrogen) atoms. The lowest BCUT2D eigenvalue weighted by Crippen LogP contribution is -2.46. The predicted molar refractivity (Wildman–Crippen MR) is 99.6 cm³/mol. The number of methoxy groups -OCH3 is 1. The fourth-order valence-corrected chi connectivity index (χ4v) is 4.05. The quantitative estimate of drug-likeness (QED) is 0.910. The topological polar surface area (TPSA) is 63.6 Å². The molecule has 2 aliphatic rings. The first-order valence-electron chi connectivity index (χ1n) is 8.88. The van der Waals surface area contributed by atoms with E-state index in [2.05, 4.69) is 5.32 Å². The summed E-state index contributed by atoms with van der Waals surface area (Å²) < 4.78 is 7.09. The highest BCUT2D eigenvalue weighted by Crippen LogP contribution is 2.31. The number of fused-ring (bicyclic) bond motifs is 2. The predicted octanol–water partition coefficient (Wildman–Crippen LogP) is 1.56. The minimum absolute atomic E-state index is 0.00907. The van der Waals surface area contributed by atoms with Gasteiger partial charge in [0.2, 0.25) is 0 Å². The maximum Gasteiger partial charge on any atom is 0.257 e. The van der Waals surface area contributed by atoms with Crippen LogP contribution in [0.5, 0.6) is 5.75 Å². The van der Waals surface area contributed by atoms with E-state index in [0.29, 0.717) is 22.9 Å². The summed E-state index contributed by atoms with van der Waals surface area (Å²) in [6, 6.07) is 8.19.